The van der Waals surface area contributed by atoms with Crippen LogP contribution in [0.3, 0.4) is 0 Å². The molecule has 1 aromatic heterocycles. The second kappa shape index (κ2) is 3.59. The number of nitrogens with zero attached hydrogens (tertiary/aromatic N) is 3. The molecule has 100 valence electrons. The van der Waals surface area contributed by atoms with E-state index < -0.39 is 17.5 Å². The molecule has 3 nitrogen and oxygen atoms in total. The second-order valence-corrected chi connectivity index (χ2v) is 5.33. The minimum absolute atomic E-state index is 0.291. The van der Waals surface area contributed by atoms with Gasteiger partial charge in [-0.05, 0) is 25.8 Å². The first kappa shape index (κ1) is 12.2. The van der Waals surface area contributed by atoms with Gasteiger partial charge in [0.1, 0.15) is 0 Å². The lowest BCUT2D eigenvalue weighted by molar-refractivity contribution is -0.149. The van der Waals surface area contributed by atoms with Crippen molar-refractivity contribution in [3.63, 3.8) is 0 Å². The lowest BCUT2D eigenvalue weighted by atomic mass is 9.87. The average Bonchev–Trinajstić information content (AvgIpc) is 2.74. The summed E-state index contributed by atoms with van der Waals surface area (Å²) in [6.07, 6.45) is -3.97. The lowest BCUT2D eigenvalue weighted by Crippen LogP contribution is -2.36. The number of fused-ring (bicyclic) bond motifs is 3. The number of aromatic nitrogens is 3. The monoisotopic (exact) mass is 267 g/mol. The Morgan fingerprint density at radius 1 is 1.16 bits per heavy atom. The highest BCUT2D eigenvalue weighted by Crippen LogP contribution is 2.41. The molecule has 3 rings (SSSR count). The van der Waals surface area contributed by atoms with E-state index in [4.69, 9.17) is 0 Å². The molecule has 0 fully saturated rings. The van der Waals surface area contributed by atoms with Crippen molar-refractivity contribution in [2.24, 2.45) is 0 Å². The summed E-state index contributed by atoms with van der Waals surface area (Å²) in [7, 11) is 0. The maximum absolute atomic E-state index is 13.0. The molecule has 0 spiro atoms. The standard InChI is InChI=1S/C13H12F3N3/c1-12(2)7-8-5-3-4-6-9(8)10-17-18-11(19(10)12)13(14,15)16/h3-6H,7H2,1-2H3. The van der Waals surface area contributed by atoms with E-state index in [0.717, 1.165) is 11.1 Å². The van der Waals surface area contributed by atoms with Gasteiger partial charge in [0.15, 0.2) is 5.82 Å². The topological polar surface area (TPSA) is 30.7 Å². The van der Waals surface area contributed by atoms with Gasteiger partial charge in [-0.3, -0.25) is 4.57 Å². The molecule has 0 radical (unpaired) electrons. The van der Waals surface area contributed by atoms with Crippen LogP contribution in [0.1, 0.15) is 25.2 Å². The van der Waals surface area contributed by atoms with Crippen LogP contribution in [0.5, 0.6) is 0 Å². The quantitative estimate of drug-likeness (QED) is 0.733. The summed E-state index contributed by atoms with van der Waals surface area (Å²) in [5.41, 5.74) is 1.03. The minimum Gasteiger partial charge on any atom is -0.297 e. The number of hydrogen-bond donors (Lipinski definition) is 0. The van der Waals surface area contributed by atoms with E-state index >= 15 is 0 Å². The number of rotatable bonds is 0. The predicted octanol–water partition coefficient (Wildman–Crippen LogP) is 3.26. The fourth-order valence-electron chi connectivity index (χ4n) is 2.65. The van der Waals surface area contributed by atoms with Gasteiger partial charge in [-0.1, -0.05) is 24.3 Å². The van der Waals surface area contributed by atoms with Crippen molar-refractivity contribution in [2.45, 2.75) is 32.0 Å². The fourth-order valence-corrected chi connectivity index (χ4v) is 2.65. The largest absolute Gasteiger partial charge is 0.451 e. The van der Waals surface area contributed by atoms with E-state index in [1.807, 2.05) is 12.1 Å². The van der Waals surface area contributed by atoms with Crippen LogP contribution in [0.25, 0.3) is 11.4 Å². The molecule has 1 aliphatic rings. The van der Waals surface area contributed by atoms with Crippen molar-refractivity contribution >= 4 is 0 Å². The molecule has 0 bridgehead atoms. The van der Waals surface area contributed by atoms with Crippen LogP contribution in [0.4, 0.5) is 13.2 Å². The summed E-state index contributed by atoms with van der Waals surface area (Å²) in [6, 6.07) is 7.38. The van der Waals surface area contributed by atoms with Crippen molar-refractivity contribution in [3.05, 3.63) is 35.7 Å². The van der Waals surface area contributed by atoms with Crippen LogP contribution in [0.2, 0.25) is 0 Å². The lowest BCUT2D eigenvalue weighted by Gasteiger charge is -2.34. The summed E-state index contributed by atoms with van der Waals surface area (Å²) < 4.78 is 40.2. The highest BCUT2D eigenvalue weighted by molar-refractivity contribution is 5.63. The molecule has 19 heavy (non-hydrogen) atoms. The third kappa shape index (κ3) is 1.74. The van der Waals surface area contributed by atoms with Gasteiger partial charge in [0.25, 0.3) is 0 Å². The maximum atomic E-state index is 13.0. The van der Waals surface area contributed by atoms with E-state index in [2.05, 4.69) is 10.2 Å². The van der Waals surface area contributed by atoms with Gasteiger partial charge in [0, 0.05) is 11.1 Å². The van der Waals surface area contributed by atoms with Crippen molar-refractivity contribution in [1.29, 1.82) is 0 Å². The Bertz CT molecular complexity index is 641. The third-order valence-corrected chi connectivity index (χ3v) is 3.40. The van der Waals surface area contributed by atoms with E-state index in [1.54, 1.807) is 26.0 Å². The van der Waals surface area contributed by atoms with Crippen LogP contribution in [-0.4, -0.2) is 14.8 Å². The molecule has 0 saturated carbocycles. The summed E-state index contributed by atoms with van der Waals surface area (Å²) in [5, 5.41) is 7.10. The Labute approximate surface area is 108 Å². The Hall–Kier alpha value is -1.85. The van der Waals surface area contributed by atoms with Gasteiger partial charge in [-0.15, -0.1) is 10.2 Å². The zero-order valence-electron chi connectivity index (χ0n) is 10.5. The first-order valence-electron chi connectivity index (χ1n) is 5.92. The summed E-state index contributed by atoms with van der Waals surface area (Å²) in [4.78, 5) is 0. The Morgan fingerprint density at radius 2 is 1.84 bits per heavy atom. The number of hydrogen-bond acceptors (Lipinski definition) is 2. The Kier molecular flexibility index (Phi) is 2.30. The summed E-state index contributed by atoms with van der Waals surface area (Å²) in [5.74, 6) is -0.638. The van der Waals surface area contributed by atoms with Gasteiger partial charge < -0.3 is 0 Å². The van der Waals surface area contributed by atoms with Crippen molar-refractivity contribution in [2.75, 3.05) is 0 Å². The van der Waals surface area contributed by atoms with Gasteiger partial charge >= 0.3 is 6.18 Å². The Morgan fingerprint density at radius 3 is 2.53 bits per heavy atom. The van der Waals surface area contributed by atoms with E-state index in [0.29, 0.717) is 12.2 Å². The van der Waals surface area contributed by atoms with Gasteiger partial charge in [0.2, 0.25) is 5.82 Å². The highest BCUT2D eigenvalue weighted by Gasteiger charge is 2.44. The van der Waals surface area contributed by atoms with Crippen LogP contribution >= 0.6 is 0 Å². The average molecular weight is 267 g/mol. The van der Waals surface area contributed by atoms with Gasteiger partial charge in [-0.25, -0.2) is 0 Å². The van der Waals surface area contributed by atoms with Crippen molar-refractivity contribution < 1.29 is 13.2 Å². The molecule has 0 N–H and O–H groups in total. The molecule has 0 aliphatic carbocycles. The zero-order valence-corrected chi connectivity index (χ0v) is 10.5. The molecule has 2 aromatic rings. The molecular weight excluding hydrogens is 255 g/mol. The number of benzene rings is 1. The summed E-state index contributed by atoms with van der Waals surface area (Å²) in [6.45, 7) is 3.54. The van der Waals surface area contributed by atoms with Crippen LogP contribution in [0, 0.1) is 0 Å². The SMILES string of the molecule is CC1(C)Cc2ccccc2-c2nnc(C(F)(F)F)n21. The normalized spacial score (nSPS) is 16.9. The van der Waals surface area contributed by atoms with Gasteiger partial charge in [0.05, 0.1) is 0 Å². The molecule has 1 aromatic carbocycles. The predicted molar refractivity (Wildman–Crippen MR) is 63.5 cm³/mol. The summed E-state index contributed by atoms with van der Waals surface area (Å²) >= 11 is 0. The molecule has 6 heteroatoms. The second-order valence-electron chi connectivity index (χ2n) is 5.33. The first-order chi connectivity index (χ1) is 8.81. The smallest absolute Gasteiger partial charge is 0.297 e. The number of alkyl halides is 3. The molecule has 0 unspecified atom stereocenters. The van der Waals surface area contributed by atoms with Crippen molar-refractivity contribution in [1.82, 2.24) is 14.8 Å². The van der Waals surface area contributed by atoms with E-state index in [-0.39, 0.29) is 0 Å². The number of halogens is 3. The van der Waals surface area contributed by atoms with E-state index in [9.17, 15) is 13.2 Å². The van der Waals surface area contributed by atoms with Gasteiger partial charge in [-0.2, -0.15) is 13.2 Å². The van der Waals surface area contributed by atoms with Crippen LogP contribution in [0.15, 0.2) is 24.3 Å². The Balaban J connectivity index is 2.31. The third-order valence-electron chi connectivity index (χ3n) is 3.40. The van der Waals surface area contributed by atoms with Crippen LogP contribution < -0.4 is 0 Å². The van der Waals surface area contributed by atoms with Crippen molar-refractivity contribution in [3.8, 4) is 11.4 Å². The molecule has 0 atom stereocenters. The molecule has 2 heterocycles. The minimum atomic E-state index is -4.49. The molecular formula is C13H12F3N3. The molecule has 0 amide bonds. The highest BCUT2D eigenvalue weighted by atomic mass is 19.4. The molecule has 1 aliphatic heterocycles. The first-order valence-corrected chi connectivity index (χ1v) is 5.92. The zero-order chi connectivity index (χ0) is 13.8. The van der Waals surface area contributed by atoms with E-state index in [1.165, 1.54) is 4.57 Å². The fraction of sp³-hybridized carbons (Fsp3) is 0.385. The van der Waals surface area contributed by atoms with Crippen LogP contribution in [-0.2, 0) is 18.1 Å². The molecule has 0 saturated heterocycles. The maximum Gasteiger partial charge on any atom is 0.451 e.